The van der Waals surface area contributed by atoms with Gasteiger partial charge in [-0.2, -0.15) is 0 Å². The average molecular weight is 379 g/mol. The Morgan fingerprint density at radius 1 is 1.31 bits per heavy atom. The monoisotopic (exact) mass is 379 g/mol. The summed E-state index contributed by atoms with van der Waals surface area (Å²) in [6.45, 7) is 1.10. The number of aromatic nitrogens is 1. The van der Waals surface area contributed by atoms with Gasteiger partial charge in [0.1, 0.15) is 17.3 Å². The van der Waals surface area contributed by atoms with Gasteiger partial charge in [0.2, 0.25) is 10.0 Å². The topological polar surface area (TPSA) is 97.4 Å². The number of hydrogen-bond donors (Lipinski definition) is 2. The Kier molecular flexibility index (Phi) is 5.30. The highest BCUT2D eigenvalue weighted by Crippen LogP contribution is 2.24. The molecule has 9 heteroatoms. The van der Waals surface area contributed by atoms with Crippen molar-refractivity contribution in [2.75, 3.05) is 0 Å². The zero-order chi connectivity index (χ0) is 18.7. The third kappa shape index (κ3) is 4.43. The Labute approximate surface area is 150 Å². The molecule has 1 aromatic heterocycles. The van der Waals surface area contributed by atoms with E-state index in [-0.39, 0.29) is 28.9 Å². The minimum absolute atomic E-state index is 0.0189. The van der Waals surface area contributed by atoms with Gasteiger partial charge in [-0.1, -0.05) is 18.2 Å². The van der Waals surface area contributed by atoms with Gasteiger partial charge in [0.15, 0.2) is 0 Å². The van der Waals surface area contributed by atoms with Crippen molar-refractivity contribution >= 4 is 15.9 Å². The molecule has 1 saturated carbocycles. The van der Waals surface area contributed by atoms with Gasteiger partial charge in [0, 0.05) is 11.6 Å². The van der Waals surface area contributed by atoms with Crippen molar-refractivity contribution in [3.63, 3.8) is 0 Å². The van der Waals surface area contributed by atoms with Gasteiger partial charge >= 0.3 is 0 Å². The van der Waals surface area contributed by atoms with Gasteiger partial charge < -0.3 is 0 Å². The maximum atomic E-state index is 13.8. The Morgan fingerprint density at radius 3 is 2.65 bits per heavy atom. The highest BCUT2D eigenvalue weighted by molar-refractivity contribution is 7.89. The van der Waals surface area contributed by atoms with Crippen molar-refractivity contribution in [1.82, 2.24) is 15.2 Å². The summed E-state index contributed by atoms with van der Waals surface area (Å²) in [5.41, 5.74) is 2.68. The van der Waals surface area contributed by atoms with E-state index in [1.165, 1.54) is 6.92 Å². The number of carbonyl (C=O) groups excluding carboxylic acids is 1. The lowest BCUT2D eigenvalue weighted by Crippen LogP contribution is -2.28. The molecule has 1 fully saturated rings. The van der Waals surface area contributed by atoms with E-state index in [0.29, 0.717) is 5.56 Å². The summed E-state index contributed by atoms with van der Waals surface area (Å²) < 4.78 is 41.2. The van der Waals surface area contributed by atoms with Crippen LogP contribution < -0.4 is 10.2 Å². The molecule has 0 atom stereocenters. The molecule has 0 spiro atoms. The van der Waals surface area contributed by atoms with Crippen molar-refractivity contribution < 1.29 is 22.4 Å². The van der Waals surface area contributed by atoms with E-state index in [2.05, 4.69) is 15.2 Å². The number of sulfonamides is 1. The van der Waals surface area contributed by atoms with Gasteiger partial charge in [-0.15, -0.1) is 0 Å². The lowest BCUT2D eigenvalue weighted by Gasteiger charge is -2.12. The molecule has 26 heavy (non-hydrogen) atoms. The third-order valence-corrected chi connectivity index (χ3v) is 5.37. The SMILES string of the molecule is Cc1nc(CONC(=O)c2ccccc2)c(S(=O)(=O)NC2CC2)cc1F. The number of amides is 1. The van der Waals surface area contributed by atoms with E-state index < -0.39 is 21.7 Å². The van der Waals surface area contributed by atoms with E-state index in [4.69, 9.17) is 4.84 Å². The first-order chi connectivity index (χ1) is 12.4. The van der Waals surface area contributed by atoms with Crippen molar-refractivity contribution in [3.8, 4) is 0 Å². The van der Waals surface area contributed by atoms with Crippen molar-refractivity contribution in [3.05, 3.63) is 59.2 Å². The summed E-state index contributed by atoms with van der Waals surface area (Å²) in [4.78, 5) is 20.7. The Bertz CT molecular complexity index is 915. The molecule has 0 aliphatic heterocycles. The summed E-state index contributed by atoms with van der Waals surface area (Å²) in [5.74, 6) is -1.21. The second kappa shape index (κ2) is 7.48. The van der Waals surface area contributed by atoms with E-state index >= 15 is 0 Å². The number of aryl methyl sites for hydroxylation is 1. The number of benzene rings is 1. The molecule has 1 amide bonds. The fourth-order valence-corrected chi connectivity index (χ4v) is 3.73. The molecule has 7 nitrogen and oxygen atoms in total. The van der Waals surface area contributed by atoms with Crippen LogP contribution in [0.2, 0.25) is 0 Å². The number of nitrogens with zero attached hydrogens (tertiary/aromatic N) is 1. The molecule has 0 saturated heterocycles. The molecule has 138 valence electrons. The molecule has 1 heterocycles. The van der Waals surface area contributed by atoms with Crippen LogP contribution in [0.3, 0.4) is 0 Å². The zero-order valence-corrected chi connectivity index (χ0v) is 14.8. The predicted molar refractivity (Wildman–Crippen MR) is 91.0 cm³/mol. The number of rotatable bonds is 7. The molecule has 2 aromatic rings. The predicted octanol–water partition coefficient (Wildman–Crippen LogP) is 1.83. The first-order valence-electron chi connectivity index (χ1n) is 8.02. The molecular weight excluding hydrogens is 361 g/mol. The first-order valence-corrected chi connectivity index (χ1v) is 9.50. The van der Waals surface area contributed by atoms with Crippen molar-refractivity contribution in [1.29, 1.82) is 0 Å². The Morgan fingerprint density at radius 2 is 2.00 bits per heavy atom. The lowest BCUT2D eigenvalue weighted by molar-refractivity contribution is 0.0213. The fourth-order valence-electron chi connectivity index (χ4n) is 2.25. The molecule has 3 rings (SSSR count). The van der Waals surface area contributed by atoms with E-state index in [1.54, 1.807) is 30.3 Å². The van der Waals surface area contributed by atoms with E-state index in [9.17, 15) is 17.6 Å². The minimum atomic E-state index is -3.91. The third-order valence-electron chi connectivity index (χ3n) is 3.79. The summed E-state index contributed by atoms with van der Waals surface area (Å²) >= 11 is 0. The van der Waals surface area contributed by atoms with Crippen LogP contribution >= 0.6 is 0 Å². The minimum Gasteiger partial charge on any atom is -0.267 e. The Hall–Kier alpha value is -2.36. The molecule has 1 aromatic carbocycles. The molecule has 2 N–H and O–H groups in total. The van der Waals surface area contributed by atoms with Crippen molar-refractivity contribution in [2.24, 2.45) is 0 Å². The highest BCUT2D eigenvalue weighted by Gasteiger charge is 2.30. The van der Waals surface area contributed by atoms with Crippen LogP contribution in [0.25, 0.3) is 0 Å². The molecule has 0 radical (unpaired) electrons. The number of halogens is 1. The molecular formula is C17H18FN3O4S. The normalized spacial score (nSPS) is 14.2. The molecule has 0 unspecified atom stereocenters. The fraction of sp³-hybridized carbons (Fsp3) is 0.294. The van der Waals surface area contributed by atoms with Gasteiger partial charge in [0.25, 0.3) is 5.91 Å². The quantitative estimate of drug-likeness (QED) is 0.716. The number of pyridine rings is 1. The van der Waals surface area contributed by atoms with Crippen LogP contribution in [-0.4, -0.2) is 25.4 Å². The lowest BCUT2D eigenvalue weighted by atomic mass is 10.2. The average Bonchev–Trinajstić information content (AvgIpc) is 3.41. The second-order valence-electron chi connectivity index (χ2n) is 5.98. The summed E-state index contributed by atoms with van der Waals surface area (Å²) in [7, 11) is -3.91. The van der Waals surface area contributed by atoms with Gasteiger partial charge in [0.05, 0.1) is 11.4 Å². The number of carbonyl (C=O) groups is 1. The number of nitrogens with one attached hydrogen (secondary N) is 2. The Balaban J connectivity index is 1.74. The van der Waals surface area contributed by atoms with Crippen LogP contribution in [0.5, 0.6) is 0 Å². The van der Waals surface area contributed by atoms with Crippen LogP contribution in [0.15, 0.2) is 41.3 Å². The van der Waals surface area contributed by atoms with Crippen molar-refractivity contribution in [2.45, 2.75) is 37.3 Å². The van der Waals surface area contributed by atoms with Crippen LogP contribution in [0.4, 0.5) is 4.39 Å². The van der Waals surface area contributed by atoms with Gasteiger partial charge in [-0.05, 0) is 38.0 Å². The smallest absolute Gasteiger partial charge is 0.267 e. The second-order valence-corrected chi connectivity index (χ2v) is 7.66. The number of hydrogen-bond acceptors (Lipinski definition) is 5. The molecule has 1 aliphatic rings. The maximum Gasteiger partial charge on any atom is 0.274 e. The van der Waals surface area contributed by atoms with Crippen LogP contribution in [0.1, 0.15) is 34.6 Å². The summed E-state index contributed by atoms with van der Waals surface area (Å²) in [6.07, 6.45) is 1.50. The van der Waals surface area contributed by atoms with Gasteiger partial charge in [-0.3, -0.25) is 14.6 Å². The van der Waals surface area contributed by atoms with Gasteiger partial charge in [-0.25, -0.2) is 23.0 Å². The largest absolute Gasteiger partial charge is 0.274 e. The van der Waals surface area contributed by atoms with Crippen LogP contribution in [0, 0.1) is 12.7 Å². The zero-order valence-electron chi connectivity index (χ0n) is 14.0. The standard InChI is InChI=1S/C17H18FN3O4S/c1-11-14(18)9-16(26(23,24)21-13-7-8-13)15(19-11)10-25-20-17(22)12-5-3-2-4-6-12/h2-6,9,13,21H,7-8,10H2,1H3,(H,20,22). The summed E-state index contributed by atoms with van der Waals surface area (Å²) in [6, 6.07) is 9.18. The highest BCUT2D eigenvalue weighted by atomic mass is 32.2. The first kappa shape index (κ1) is 18.4. The number of hydroxylamine groups is 1. The maximum absolute atomic E-state index is 13.8. The molecule has 1 aliphatic carbocycles. The van der Waals surface area contributed by atoms with E-state index in [0.717, 1.165) is 18.9 Å². The summed E-state index contributed by atoms with van der Waals surface area (Å²) in [5, 5.41) is 0. The molecule has 0 bridgehead atoms. The van der Waals surface area contributed by atoms with Crippen LogP contribution in [-0.2, 0) is 21.5 Å². The van der Waals surface area contributed by atoms with E-state index in [1.807, 2.05) is 0 Å².